The van der Waals surface area contributed by atoms with Crippen molar-refractivity contribution in [3.8, 4) is 12.3 Å². The summed E-state index contributed by atoms with van der Waals surface area (Å²) < 4.78 is 6.42. The number of hydrogen-bond acceptors (Lipinski definition) is 2. The van der Waals surface area contributed by atoms with Gasteiger partial charge in [-0.25, -0.2) is 0 Å². The molecule has 0 heterocycles. The number of terminal acetylenes is 1. The molecule has 128 valence electrons. The predicted molar refractivity (Wildman–Crippen MR) is 101 cm³/mol. The van der Waals surface area contributed by atoms with Crippen LogP contribution in [-0.4, -0.2) is 19.5 Å². The second-order valence-corrected chi connectivity index (χ2v) is 13.2. The summed E-state index contributed by atoms with van der Waals surface area (Å²) in [5.41, 5.74) is 1.21. The third-order valence-corrected chi connectivity index (χ3v) is 9.44. The Hall–Kier alpha value is -1.08. The zero-order valence-electron chi connectivity index (χ0n) is 15.9. The van der Waals surface area contributed by atoms with E-state index in [1.54, 1.807) is 13.8 Å². The maximum absolute atomic E-state index is 10.1. The fourth-order valence-electron chi connectivity index (χ4n) is 2.14. The minimum absolute atomic E-state index is 0.116. The fraction of sp³-hybridized carbons (Fsp3) is 0.600. The lowest BCUT2D eigenvalue weighted by Crippen LogP contribution is -2.44. The molecule has 0 fully saturated rings. The van der Waals surface area contributed by atoms with Crippen LogP contribution in [0.15, 0.2) is 24.3 Å². The highest BCUT2D eigenvalue weighted by atomic mass is 28.4. The standard InChI is InChI=1S/C20H32O2Si/c1-10-18(22-23(8,9)19(3,4)5)15(2)16-11-13-17(14-12-16)20(6,7)21/h1,11-15,18,21H,2-9H3. The first-order chi connectivity index (χ1) is 10.3. The van der Waals surface area contributed by atoms with Crippen molar-refractivity contribution < 1.29 is 9.53 Å². The zero-order valence-corrected chi connectivity index (χ0v) is 16.9. The molecule has 1 aromatic rings. The molecule has 0 aliphatic carbocycles. The van der Waals surface area contributed by atoms with Crippen LogP contribution in [0.5, 0.6) is 0 Å². The SMILES string of the molecule is C#CC(O[Si](C)(C)C(C)(C)C)C(C)c1ccc(C(C)(C)O)cc1. The van der Waals surface area contributed by atoms with Crippen LogP contribution in [0.1, 0.15) is 58.6 Å². The van der Waals surface area contributed by atoms with Gasteiger partial charge in [-0.3, -0.25) is 0 Å². The predicted octanol–water partition coefficient (Wildman–Crippen LogP) is 5.04. The molecule has 0 amide bonds. The molecular weight excluding hydrogens is 300 g/mol. The third kappa shape index (κ3) is 4.94. The Balaban J connectivity index is 2.98. The molecule has 0 spiro atoms. The lowest BCUT2D eigenvalue weighted by Gasteiger charge is -2.39. The topological polar surface area (TPSA) is 29.5 Å². The van der Waals surface area contributed by atoms with Gasteiger partial charge in [-0.15, -0.1) is 6.42 Å². The molecule has 3 heteroatoms. The van der Waals surface area contributed by atoms with Gasteiger partial charge < -0.3 is 9.53 Å². The molecule has 0 bridgehead atoms. The second-order valence-electron chi connectivity index (χ2n) is 8.44. The molecule has 0 aromatic heterocycles. The quantitative estimate of drug-likeness (QED) is 0.604. The zero-order chi connectivity index (χ0) is 18.1. The molecule has 2 nitrogen and oxygen atoms in total. The van der Waals surface area contributed by atoms with E-state index in [0.29, 0.717) is 0 Å². The van der Waals surface area contributed by atoms with E-state index in [1.807, 2.05) is 24.3 Å². The maximum Gasteiger partial charge on any atom is 0.193 e. The van der Waals surface area contributed by atoms with E-state index >= 15 is 0 Å². The summed E-state index contributed by atoms with van der Waals surface area (Å²) in [4.78, 5) is 0. The first-order valence-electron chi connectivity index (χ1n) is 8.26. The second kappa shape index (κ2) is 6.81. The van der Waals surface area contributed by atoms with Gasteiger partial charge in [-0.2, -0.15) is 0 Å². The minimum atomic E-state index is -1.91. The Morgan fingerprint density at radius 3 is 1.91 bits per heavy atom. The smallest absolute Gasteiger partial charge is 0.193 e. The monoisotopic (exact) mass is 332 g/mol. The van der Waals surface area contributed by atoms with Crippen molar-refractivity contribution in [3.05, 3.63) is 35.4 Å². The summed E-state index contributed by atoms with van der Waals surface area (Å²) in [5.74, 6) is 2.95. The molecule has 0 saturated carbocycles. The highest BCUT2D eigenvalue weighted by Crippen LogP contribution is 2.39. The van der Waals surface area contributed by atoms with Crippen molar-refractivity contribution in [3.63, 3.8) is 0 Å². The van der Waals surface area contributed by atoms with Gasteiger partial charge in [-0.05, 0) is 43.1 Å². The molecule has 0 saturated heterocycles. The van der Waals surface area contributed by atoms with Gasteiger partial charge in [0.25, 0.3) is 0 Å². The first-order valence-corrected chi connectivity index (χ1v) is 11.2. The molecule has 1 aromatic carbocycles. The lowest BCUT2D eigenvalue weighted by atomic mass is 9.91. The summed E-state index contributed by atoms with van der Waals surface area (Å²) >= 11 is 0. The molecule has 23 heavy (non-hydrogen) atoms. The molecule has 2 atom stereocenters. The van der Waals surface area contributed by atoms with Crippen LogP contribution in [-0.2, 0) is 10.0 Å². The van der Waals surface area contributed by atoms with Crippen molar-refractivity contribution >= 4 is 8.32 Å². The van der Waals surface area contributed by atoms with E-state index < -0.39 is 13.9 Å². The third-order valence-electron chi connectivity index (χ3n) is 4.99. The van der Waals surface area contributed by atoms with Gasteiger partial charge in [0.15, 0.2) is 8.32 Å². The highest BCUT2D eigenvalue weighted by molar-refractivity contribution is 6.74. The van der Waals surface area contributed by atoms with Crippen LogP contribution in [0.4, 0.5) is 0 Å². The van der Waals surface area contributed by atoms with Gasteiger partial charge in [0.2, 0.25) is 0 Å². The van der Waals surface area contributed by atoms with Gasteiger partial charge in [0.05, 0.1) is 5.60 Å². The van der Waals surface area contributed by atoms with Crippen molar-refractivity contribution in [1.29, 1.82) is 0 Å². The highest BCUT2D eigenvalue weighted by Gasteiger charge is 2.40. The van der Waals surface area contributed by atoms with Crippen molar-refractivity contribution in [1.82, 2.24) is 0 Å². The fourth-order valence-corrected chi connectivity index (χ4v) is 3.40. The Morgan fingerprint density at radius 2 is 1.57 bits per heavy atom. The van der Waals surface area contributed by atoms with E-state index in [1.165, 1.54) is 0 Å². The van der Waals surface area contributed by atoms with Gasteiger partial charge >= 0.3 is 0 Å². The largest absolute Gasteiger partial charge is 0.403 e. The average molecular weight is 333 g/mol. The number of hydrogen-bond donors (Lipinski definition) is 1. The Labute approximate surface area is 143 Å². The van der Waals surface area contributed by atoms with E-state index in [2.05, 4.69) is 46.7 Å². The summed E-state index contributed by atoms with van der Waals surface area (Å²) in [6, 6.07) is 8.01. The van der Waals surface area contributed by atoms with E-state index in [9.17, 15) is 5.11 Å². The normalized spacial score (nSPS) is 15.8. The molecule has 1 rings (SSSR count). The summed E-state index contributed by atoms with van der Waals surface area (Å²) in [6.45, 7) is 16.8. The number of benzene rings is 1. The summed E-state index contributed by atoms with van der Waals surface area (Å²) in [6.07, 6.45) is 5.54. The number of aliphatic hydroxyl groups is 1. The van der Waals surface area contributed by atoms with Crippen LogP contribution in [0.25, 0.3) is 0 Å². The Morgan fingerprint density at radius 1 is 1.09 bits per heavy atom. The van der Waals surface area contributed by atoms with E-state index in [0.717, 1.165) is 11.1 Å². The van der Waals surface area contributed by atoms with Crippen LogP contribution < -0.4 is 0 Å². The van der Waals surface area contributed by atoms with E-state index in [-0.39, 0.29) is 17.1 Å². The minimum Gasteiger partial charge on any atom is -0.403 e. The summed E-state index contributed by atoms with van der Waals surface area (Å²) in [5, 5.41) is 10.2. The van der Waals surface area contributed by atoms with Crippen molar-refractivity contribution in [2.24, 2.45) is 0 Å². The van der Waals surface area contributed by atoms with Crippen LogP contribution in [0.3, 0.4) is 0 Å². The van der Waals surface area contributed by atoms with Crippen LogP contribution >= 0.6 is 0 Å². The lowest BCUT2D eigenvalue weighted by molar-refractivity contribution is 0.0786. The Kier molecular flexibility index (Phi) is 5.91. The molecule has 0 aliphatic rings. The van der Waals surface area contributed by atoms with E-state index in [4.69, 9.17) is 10.8 Å². The molecule has 0 aliphatic heterocycles. The van der Waals surface area contributed by atoms with Gasteiger partial charge in [0.1, 0.15) is 6.10 Å². The van der Waals surface area contributed by atoms with Gasteiger partial charge in [0, 0.05) is 5.92 Å². The van der Waals surface area contributed by atoms with Crippen LogP contribution in [0.2, 0.25) is 18.1 Å². The molecular formula is C20H32O2Si. The molecule has 0 radical (unpaired) electrons. The Bertz CT molecular complexity index is 553. The molecule has 1 N–H and O–H groups in total. The van der Waals surface area contributed by atoms with Crippen molar-refractivity contribution in [2.45, 2.75) is 77.3 Å². The average Bonchev–Trinajstić information content (AvgIpc) is 2.42. The number of rotatable bonds is 5. The van der Waals surface area contributed by atoms with Crippen LogP contribution in [0, 0.1) is 12.3 Å². The molecule has 2 unspecified atom stereocenters. The first kappa shape index (κ1) is 20.0. The maximum atomic E-state index is 10.1. The van der Waals surface area contributed by atoms with Gasteiger partial charge in [-0.1, -0.05) is 57.9 Å². The summed E-state index contributed by atoms with van der Waals surface area (Å²) in [7, 11) is -1.91. The van der Waals surface area contributed by atoms with Crippen molar-refractivity contribution in [2.75, 3.05) is 0 Å².